The van der Waals surface area contributed by atoms with E-state index in [9.17, 15) is 9.59 Å². The first kappa shape index (κ1) is 21.2. The van der Waals surface area contributed by atoms with Gasteiger partial charge in [0.15, 0.2) is 0 Å². The minimum absolute atomic E-state index is 0.0140. The third-order valence-corrected chi connectivity index (χ3v) is 6.45. The SMILES string of the molecule is CCc1ccccc1N1CC(C(=O)Nc2nnc(CCCc3ccccc3)s2)CC1=O. The van der Waals surface area contributed by atoms with Crippen LogP contribution in [-0.4, -0.2) is 28.6 Å². The first-order valence-electron chi connectivity index (χ1n) is 10.7. The molecule has 6 nitrogen and oxygen atoms in total. The zero-order valence-electron chi connectivity index (χ0n) is 17.6. The van der Waals surface area contributed by atoms with E-state index in [2.05, 4.69) is 34.6 Å². The Morgan fingerprint density at radius 1 is 1.10 bits per heavy atom. The Morgan fingerprint density at radius 2 is 1.87 bits per heavy atom. The quantitative estimate of drug-likeness (QED) is 0.575. The summed E-state index contributed by atoms with van der Waals surface area (Å²) in [7, 11) is 0. The van der Waals surface area contributed by atoms with Crippen molar-refractivity contribution in [3.63, 3.8) is 0 Å². The van der Waals surface area contributed by atoms with Gasteiger partial charge in [0, 0.05) is 25.1 Å². The average Bonchev–Trinajstić information content (AvgIpc) is 3.40. The summed E-state index contributed by atoms with van der Waals surface area (Å²) in [5.41, 5.74) is 3.32. The number of carbonyl (C=O) groups excluding carboxylic acids is 2. The lowest BCUT2D eigenvalue weighted by Crippen LogP contribution is -2.28. The molecule has 0 radical (unpaired) electrons. The van der Waals surface area contributed by atoms with Crippen LogP contribution in [0.3, 0.4) is 0 Å². The van der Waals surface area contributed by atoms with E-state index in [1.54, 1.807) is 4.90 Å². The number of carbonyl (C=O) groups is 2. The largest absolute Gasteiger partial charge is 0.311 e. The zero-order valence-corrected chi connectivity index (χ0v) is 18.4. The molecule has 0 spiro atoms. The summed E-state index contributed by atoms with van der Waals surface area (Å²) in [5.74, 6) is -0.570. The molecular weight excluding hydrogens is 408 g/mol. The minimum atomic E-state index is -0.386. The van der Waals surface area contributed by atoms with E-state index < -0.39 is 0 Å². The highest BCUT2D eigenvalue weighted by Gasteiger charge is 2.36. The van der Waals surface area contributed by atoms with Crippen LogP contribution in [0, 0.1) is 5.92 Å². The molecule has 31 heavy (non-hydrogen) atoms. The number of anilines is 2. The van der Waals surface area contributed by atoms with Crippen LogP contribution >= 0.6 is 11.3 Å². The van der Waals surface area contributed by atoms with E-state index in [-0.39, 0.29) is 24.2 Å². The van der Waals surface area contributed by atoms with Crippen LogP contribution in [0.25, 0.3) is 0 Å². The summed E-state index contributed by atoms with van der Waals surface area (Å²) in [6.45, 7) is 2.46. The van der Waals surface area contributed by atoms with Crippen LogP contribution in [0.15, 0.2) is 54.6 Å². The summed E-state index contributed by atoms with van der Waals surface area (Å²) in [5, 5.41) is 12.6. The van der Waals surface area contributed by atoms with Gasteiger partial charge >= 0.3 is 0 Å². The summed E-state index contributed by atoms with van der Waals surface area (Å²) in [4.78, 5) is 27.1. The van der Waals surface area contributed by atoms with Crippen molar-refractivity contribution in [3.8, 4) is 0 Å². The molecule has 1 aliphatic heterocycles. The summed E-state index contributed by atoms with van der Waals surface area (Å²) in [6, 6.07) is 18.2. The second kappa shape index (κ2) is 9.83. The Hall–Kier alpha value is -3.06. The Kier molecular flexibility index (Phi) is 6.72. The molecule has 1 saturated heterocycles. The lowest BCUT2D eigenvalue weighted by Gasteiger charge is -2.19. The molecule has 3 aromatic rings. The minimum Gasteiger partial charge on any atom is -0.311 e. The first-order chi connectivity index (χ1) is 15.1. The lowest BCUT2D eigenvalue weighted by molar-refractivity contribution is -0.122. The van der Waals surface area contributed by atoms with E-state index >= 15 is 0 Å². The maximum absolute atomic E-state index is 12.7. The van der Waals surface area contributed by atoms with Crippen molar-refractivity contribution in [2.24, 2.45) is 5.92 Å². The molecule has 1 N–H and O–H groups in total. The van der Waals surface area contributed by atoms with Gasteiger partial charge in [0.25, 0.3) is 0 Å². The van der Waals surface area contributed by atoms with Gasteiger partial charge in [-0.25, -0.2) is 0 Å². The highest BCUT2D eigenvalue weighted by Crippen LogP contribution is 2.29. The lowest BCUT2D eigenvalue weighted by atomic mass is 10.1. The van der Waals surface area contributed by atoms with Crippen LogP contribution in [0.5, 0.6) is 0 Å². The molecule has 4 rings (SSSR count). The van der Waals surface area contributed by atoms with E-state index in [1.165, 1.54) is 16.9 Å². The Labute approximate surface area is 186 Å². The third-order valence-electron chi connectivity index (χ3n) is 5.56. The van der Waals surface area contributed by atoms with Gasteiger partial charge in [0.05, 0.1) is 5.92 Å². The number of aryl methyl sites for hydroxylation is 3. The highest BCUT2D eigenvalue weighted by molar-refractivity contribution is 7.15. The van der Waals surface area contributed by atoms with E-state index in [1.807, 2.05) is 42.5 Å². The van der Waals surface area contributed by atoms with E-state index in [4.69, 9.17) is 0 Å². The number of aromatic nitrogens is 2. The summed E-state index contributed by atoms with van der Waals surface area (Å²) >= 11 is 1.41. The molecule has 1 fully saturated rings. The molecule has 160 valence electrons. The molecule has 1 aromatic heterocycles. The van der Waals surface area contributed by atoms with Gasteiger partial charge in [0.2, 0.25) is 16.9 Å². The molecule has 1 aliphatic rings. The van der Waals surface area contributed by atoms with Gasteiger partial charge in [-0.15, -0.1) is 10.2 Å². The number of amides is 2. The van der Waals surface area contributed by atoms with Crippen molar-refractivity contribution in [1.29, 1.82) is 0 Å². The second-order valence-electron chi connectivity index (χ2n) is 7.72. The smallest absolute Gasteiger partial charge is 0.231 e. The van der Waals surface area contributed by atoms with Crippen LogP contribution in [-0.2, 0) is 28.9 Å². The van der Waals surface area contributed by atoms with Crippen LogP contribution < -0.4 is 10.2 Å². The number of nitrogens with one attached hydrogen (secondary N) is 1. The number of hydrogen-bond donors (Lipinski definition) is 1. The molecular formula is C24H26N4O2S. The molecule has 0 saturated carbocycles. The maximum atomic E-state index is 12.7. The summed E-state index contributed by atoms with van der Waals surface area (Å²) < 4.78 is 0. The Balaban J connectivity index is 1.31. The molecule has 2 aromatic carbocycles. The molecule has 2 amide bonds. The normalized spacial score (nSPS) is 16.0. The number of rotatable bonds is 8. The van der Waals surface area contributed by atoms with Gasteiger partial charge in [-0.05, 0) is 36.5 Å². The van der Waals surface area contributed by atoms with Crippen molar-refractivity contribution < 1.29 is 9.59 Å². The number of para-hydroxylation sites is 1. The first-order valence-corrected chi connectivity index (χ1v) is 11.5. The van der Waals surface area contributed by atoms with Crippen LogP contribution in [0.2, 0.25) is 0 Å². The van der Waals surface area contributed by atoms with E-state index in [0.29, 0.717) is 11.7 Å². The third kappa shape index (κ3) is 5.17. The van der Waals surface area contributed by atoms with Gasteiger partial charge in [-0.3, -0.25) is 9.59 Å². The molecule has 1 atom stereocenters. The zero-order chi connectivity index (χ0) is 21.6. The maximum Gasteiger partial charge on any atom is 0.231 e. The van der Waals surface area contributed by atoms with Gasteiger partial charge in [-0.1, -0.05) is 66.8 Å². The van der Waals surface area contributed by atoms with Gasteiger partial charge in [-0.2, -0.15) is 0 Å². The molecule has 1 unspecified atom stereocenters. The predicted molar refractivity (Wildman–Crippen MR) is 123 cm³/mol. The fraction of sp³-hybridized carbons (Fsp3) is 0.333. The summed E-state index contributed by atoms with van der Waals surface area (Å²) in [6.07, 6.45) is 3.85. The van der Waals surface area contributed by atoms with Crippen LogP contribution in [0.4, 0.5) is 10.8 Å². The fourth-order valence-electron chi connectivity index (χ4n) is 3.89. The van der Waals surface area contributed by atoms with Crippen molar-refractivity contribution >= 4 is 34.0 Å². The number of hydrogen-bond acceptors (Lipinski definition) is 5. The fourth-order valence-corrected chi connectivity index (χ4v) is 4.67. The number of nitrogens with zero attached hydrogens (tertiary/aromatic N) is 3. The van der Waals surface area contributed by atoms with Gasteiger partial charge < -0.3 is 10.2 Å². The molecule has 0 aliphatic carbocycles. The Morgan fingerprint density at radius 3 is 2.68 bits per heavy atom. The van der Waals surface area contributed by atoms with E-state index in [0.717, 1.165) is 41.9 Å². The molecule has 7 heteroatoms. The van der Waals surface area contributed by atoms with Gasteiger partial charge in [0.1, 0.15) is 5.01 Å². The second-order valence-corrected chi connectivity index (χ2v) is 8.78. The standard InChI is InChI=1S/C24H26N4O2S/c1-2-18-12-6-7-13-20(18)28-16-19(15-22(28)29)23(30)25-24-27-26-21(31-24)14-8-11-17-9-4-3-5-10-17/h3-7,9-10,12-13,19H,2,8,11,14-16H2,1H3,(H,25,27,30). The predicted octanol–water partition coefficient (Wildman–Crippen LogP) is 4.27. The average molecular weight is 435 g/mol. The monoisotopic (exact) mass is 434 g/mol. The Bertz CT molecular complexity index is 1050. The topological polar surface area (TPSA) is 75.2 Å². The molecule has 2 heterocycles. The van der Waals surface area contributed by atoms with Crippen molar-refractivity contribution in [3.05, 3.63) is 70.7 Å². The van der Waals surface area contributed by atoms with Crippen molar-refractivity contribution in [1.82, 2.24) is 10.2 Å². The van der Waals surface area contributed by atoms with Crippen LogP contribution in [0.1, 0.15) is 35.9 Å². The highest BCUT2D eigenvalue weighted by atomic mass is 32.1. The molecule has 0 bridgehead atoms. The van der Waals surface area contributed by atoms with Crippen molar-refractivity contribution in [2.45, 2.75) is 39.0 Å². The number of benzene rings is 2. The van der Waals surface area contributed by atoms with Crippen molar-refractivity contribution in [2.75, 3.05) is 16.8 Å².